The highest BCUT2D eigenvalue weighted by atomic mass is 32.2. The van der Waals surface area contributed by atoms with Crippen LogP contribution >= 0.6 is 0 Å². The molecule has 0 aromatic carbocycles. The van der Waals surface area contributed by atoms with Crippen molar-refractivity contribution in [1.82, 2.24) is 0 Å². The smallest absolute Gasteiger partial charge is 0.263 e. The third-order valence-corrected chi connectivity index (χ3v) is 2.83. The molecule has 0 heterocycles. The van der Waals surface area contributed by atoms with Gasteiger partial charge in [0.05, 0.1) is 12.0 Å². The molecule has 0 saturated heterocycles. The molecular formula is C11H20O3S. The maximum atomic E-state index is 11.1. The molecule has 0 N–H and O–H groups in total. The second-order valence-electron chi connectivity index (χ2n) is 3.29. The largest absolute Gasteiger partial charge is 0.290 e. The minimum absolute atomic E-state index is 0.0303. The van der Waals surface area contributed by atoms with E-state index in [2.05, 4.69) is 17.7 Å². The maximum absolute atomic E-state index is 11.1. The van der Waals surface area contributed by atoms with E-state index in [0.29, 0.717) is 0 Å². The number of hydrogen-bond acceptors (Lipinski definition) is 3. The van der Waals surface area contributed by atoms with Crippen molar-refractivity contribution in [2.45, 2.75) is 39.0 Å². The van der Waals surface area contributed by atoms with Gasteiger partial charge in [-0.15, -0.1) is 6.58 Å². The molecule has 0 spiro atoms. The zero-order valence-electron chi connectivity index (χ0n) is 9.31. The van der Waals surface area contributed by atoms with Gasteiger partial charge in [0.1, 0.15) is 0 Å². The topological polar surface area (TPSA) is 43.4 Å². The Morgan fingerprint density at radius 1 is 1.27 bits per heavy atom. The summed E-state index contributed by atoms with van der Waals surface area (Å²) in [5, 5.41) is 1.13. The van der Waals surface area contributed by atoms with Crippen LogP contribution in [-0.4, -0.2) is 15.0 Å². The number of allylic oxidation sites excluding steroid dienone is 1. The van der Waals surface area contributed by atoms with Gasteiger partial charge in [0.2, 0.25) is 0 Å². The minimum atomic E-state index is -3.49. The average molecular weight is 232 g/mol. The van der Waals surface area contributed by atoms with Crippen molar-refractivity contribution in [1.29, 1.82) is 0 Å². The highest BCUT2D eigenvalue weighted by Gasteiger charge is 2.02. The lowest BCUT2D eigenvalue weighted by Gasteiger charge is -1.97. The van der Waals surface area contributed by atoms with Gasteiger partial charge >= 0.3 is 0 Å². The molecule has 0 saturated carbocycles. The lowest BCUT2D eigenvalue weighted by Crippen LogP contribution is -2.01. The van der Waals surface area contributed by atoms with Crippen molar-refractivity contribution in [3.05, 3.63) is 24.1 Å². The van der Waals surface area contributed by atoms with E-state index in [1.165, 1.54) is 18.9 Å². The molecule has 0 amide bonds. The van der Waals surface area contributed by atoms with Crippen LogP contribution in [0.3, 0.4) is 0 Å². The molecule has 88 valence electrons. The molecule has 15 heavy (non-hydrogen) atoms. The van der Waals surface area contributed by atoms with E-state index in [0.717, 1.165) is 24.7 Å². The molecule has 0 aromatic heterocycles. The third-order valence-electron chi connectivity index (χ3n) is 1.84. The molecule has 0 aliphatic heterocycles. The molecule has 4 heteroatoms. The van der Waals surface area contributed by atoms with Crippen LogP contribution in [0.15, 0.2) is 24.1 Å². The second-order valence-corrected chi connectivity index (χ2v) is 4.78. The zero-order valence-corrected chi connectivity index (χ0v) is 10.1. The summed E-state index contributed by atoms with van der Waals surface area (Å²) >= 11 is 0. The van der Waals surface area contributed by atoms with Gasteiger partial charge in [-0.2, -0.15) is 8.42 Å². The Hall–Kier alpha value is -0.610. The summed E-state index contributed by atoms with van der Waals surface area (Å²) in [6.45, 7) is 5.55. The summed E-state index contributed by atoms with van der Waals surface area (Å²) in [5.41, 5.74) is 0. The summed E-state index contributed by atoms with van der Waals surface area (Å²) in [6.07, 6.45) is 8.41. The Kier molecular flexibility index (Phi) is 8.33. The number of unbranched alkanes of at least 4 members (excludes halogenated alkanes) is 4. The predicted molar refractivity (Wildman–Crippen MR) is 63.0 cm³/mol. The first kappa shape index (κ1) is 14.4. The van der Waals surface area contributed by atoms with Gasteiger partial charge in [-0.05, 0) is 12.8 Å². The van der Waals surface area contributed by atoms with E-state index in [4.69, 9.17) is 0 Å². The summed E-state index contributed by atoms with van der Waals surface area (Å²) in [7, 11) is -3.49. The van der Waals surface area contributed by atoms with Crippen molar-refractivity contribution in [3.63, 3.8) is 0 Å². The van der Waals surface area contributed by atoms with Crippen molar-refractivity contribution in [2.24, 2.45) is 0 Å². The van der Waals surface area contributed by atoms with Crippen LogP contribution in [0.2, 0.25) is 0 Å². The standard InChI is InChI=1S/C11H20O3S/c1-3-5-6-7-8-9-11-15(12,13)14-10-4-2/h4,9,11H,2-3,5-8,10H2,1H3. The van der Waals surface area contributed by atoms with Crippen LogP contribution in [0.4, 0.5) is 0 Å². The van der Waals surface area contributed by atoms with Gasteiger partial charge in [-0.25, -0.2) is 0 Å². The van der Waals surface area contributed by atoms with Gasteiger partial charge in [0.25, 0.3) is 10.1 Å². The fourth-order valence-corrected chi connectivity index (χ4v) is 1.79. The fourth-order valence-electron chi connectivity index (χ4n) is 1.06. The molecular weight excluding hydrogens is 212 g/mol. The second kappa shape index (κ2) is 8.68. The van der Waals surface area contributed by atoms with Crippen LogP contribution in [0, 0.1) is 0 Å². The molecule has 3 nitrogen and oxygen atoms in total. The highest BCUT2D eigenvalue weighted by Crippen LogP contribution is 2.04. The number of rotatable bonds is 9. The normalized spacial score (nSPS) is 12.1. The molecule has 0 bridgehead atoms. The van der Waals surface area contributed by atoms with E-state index in [1.807, 2.05) is 0 Å². The fraction of sp³-hybridized carbons (Fsp3) is 0.636. The lowest BCUT2D eigenvalue weighted by molar-refractivity contribution is 0.364. The minimum Gasteiger partial charge on any atom is -0.263 e. The molecule has 0 aliphatic carbocycles. The zero-order chi connectivity index (χ0) is 11.6. The maximum Gasteiger partial charge on any atom is 0.290 e. The van der Waals surface area contributed by atoms with Crippen LogP contribution < -0.4 is 0 Å². The van der Waals surface area contributed by atoms with Crippen molar-refractivity contribution in [2.75, 3.05) is 6.61 Å². The average Bonchev–Trinajstić information content (AvgIpc) is 2.20. The van der Waals surface area contributed by atoms with E-state index in [1.54, 1.807) is 6.08 Å². The van der Waals surface area contributed by atoms with Crippen LogP contribution in [0.1, 0.15) is 39.0 Å². The van der Waals surface area contributed by atoms with Gasteiger partial charge in [0, 0.05) is 0 Å². The summed E-state index contributed by atoms with van der Waals surface area (Å²) < 4.78 is 26.8. The molecule has 0 aliphatic rings. The predicted octanol–water partition coefficient (Wildman–Crippen LogP) is 3.00. The van der Waals surface area contributed by atoms with Crippen LogP contribution in [0.25, 0.3) is 0 Å². The van der Waals surface area contributed by atoms with Gasteiger partial charge < -0.3 is 0 Å². The summed E-state index contributed by atoms with van der Waals surface area (Å²) in [6, 6.07) is 0. The Morgan fingerprint density at radius 2 is 2.00 bits per heavy atom. The monoisotopic (exact) mass is 232 g/mol. The quantitative estimate of drug-likeness (QED) is 0.349. The Balaban J connectivity index is 3.70. The first-order valence-electron chi connectivity index (χ1n) is 5.29. The SMILES string of the molecule is C=CCOS(=O)(=O)C=CCCCCCC. The molecule has 0 unspecified atom stereocenters. The third kappa shape index (κ3) is 9.69. The van der Waals surface area contributed by atoms with Crippen LogP contribution in [-0.2, 0) is 14.3 Å². The molecule has 0 aromatic rings. The first-order chi connectivity index (χ1) is 7.12. The van der Waals surface area contributed by atoms with Crippen molar-refractivity contribution < 1.29 is 12.6 Å². The molecule has 0 radical (unpaired) electrons. The van der Waals surface area contributed by atoms with Crippen LogP contribution in [0.5, 0.6) is 0 Å². The van der Waals surface area contributed by atoms with Crippen molar-refractivity contribution >= 4 is 10.1 Å². The first-order valence-corrected chi connectivity index (χ1v) is 6.76. The Bertz CT molecular complexity index is 278. The Morgan fingerprint density at radius 3 is 2.60 bits per heavy atom. The van der Waals surface area contributed by atoms with Gasteiger partial charge in [-0.3, -0.25) is 4.18 Å². The number of hydrogen-bond donors (Lipinski definition) is 0. The van der Waals surface area contributed by atoms with Gasteiger partial charge in [-0.1, -0.05) is 38.3 Å². The van der Waals surface area contributed by atoms with E-state index < -0.39 is 10.1 Å². The van der Waals surface area contributed by atoms with E-state index >= 15 is 0 Å². The summed E-state index contributed by atoms with van der Waals surface area (Å²) in [4.78, 5) is 0. The lowest BCUT2D eigenvalue weighted by atomic mass is 10.2. The van der Waals surface area contributed by atoms with E-state index in [9.17, 15) is 8.42 Å². The molecule has 0 atom stereocenters. The summed E-state index contributed by atoms with van der Waals surface area (Å²) in [5.74, 6) is 0. The molecule has 0 rings (SSSR count). The van der Waals surface area contributed by atoms with Crippen molar-refractivity contribution in [3.8, 4) is 0 Å². The highest BCUT2D eigenvalue weighted by molar-refractivity contribution is 7.89. The van der Waals surface area contributed by atoms with E-state index in [-0.39, 0.29) is 6.61 Å². The molecule has 0 fully saturated rings. The van der Waals surface area contributed by atoms with Gasteiger partial charge in [0.15, 0.2) is 0 Å². The Labute approximate surface area is 93.0 Å².